The first-order valence-electron chi connectivity index (χ1n) is 10.3. The predicted molar refractivity (Wildman–Crippen MR) is 124 cm³/mol. The number of hydrogen-bond donors (Lipinski definition) is 0. The van der Waals surface area contributed by atoms with Crippen molar-refractivity contribution in [1.29, 1.82) is 0 Å². The molecule has 0 atom stereocenters. The van der Waals surface area contributed by atoms with Gasteiger partial charge in [-0.15, -0.1) is 0 Å². The van der Waals surface area contributed by atoms with Crippen LogP contribution in [0.3, 0.4) is 0 Å². The molecule has 5 heteroatoms. The lowest BCUT2D eigenvalue weighted by molar-refractivity contribution is 0.0786. The van der Waals surface area contributed by atoms with Crippen molar-refractivity contribution in [2.75, 3.05) is 25.5 Å². The highest BCUT2D eigenvalue weighted by atomic mass is 16.2. The van der Waals surface area contributed by atoms with E-state index in [0.717, 1.165) is 28.9 Å². The van der Waals surface area contributed by atoms with E-state index in [9.17, 15) is 4.79 Å². The molecular formula is C25H30N4O. The molecule has 1 aromatic heterocycles. The maximum Gasteiger partial charge on any atom is 0.274 e. The summed E-state index contributed by atoms with van der Waals surface area (Å²) in [6.45, 7) is 9.27. The van der Waals surface area contributed by atoms with Gasteiger partial charge in [-0.25, -0.2) is 4.98 Å². The summed E-state index contributed by atoms with van der Waals surface area (Å²) in [4.78, 5) is 22.0. The number of carbonyl (C=O) groups excluding carboxylic acids is 1. The number of rotatable bonds is 8. The van der Waals surface area contributed by atoms with Crippen LogP contribution in [-0.2, 0) is 6.54 Å². The second-order valence-electron chi connectivity index (χ2n) is 7.51. The average molecular weight is 403 g/mol. The van der Waals surface area contributed by atoms with Gasteiger partial charge in [-0.2, -0.15) is 0 Å². The third-order valence-electron chi connectivity index (χ3n) is 5.23. The summed E-state index contributed by atoms with van der Waals surface area (Å²) in [5, 5.41) is 0. The van der Waals surface area contributed by atoms with Crippen molar-refractivity contribution in [1.82, 2.24) is 14.5 Å². The summed E-state index contributed by atoms with van der Waals surface area (Å²) in [6.07, 6.45) is 2.58. The summed E-state index contributed by atoms with van der Waals surface area (Å²) in [7, 11) is 3.72. The third-order valence-corrected chi connectivity index (χ3v) is 5.23. The minimum atomic E-state index is -0.0381. The minimum Gasteiger partial charge on any atom is -0.340 e. The first-order valence-corrected chi connectivity index (χ1v) is 10.3. The summed E-state index contributed by atoms with van der Waals surface area (Å²) >= 11 is 0. The van der Waals surface area contributed by atoms with Gasteiger partial charge in [0.25, 0.3) is 5.91 Å². The van der Waals surface area contributed by atoms with Gasteiger partial charge in [0.2, 0.25) is 0 Å². The highest BCUT2D eigenvalue weighted by molar-refractivity contribution is 5.98. The van der Waals surface area contributed by atoms with Gasteiger partial charge in [0, 0.05) is 32.7 Å². The van der Waals surface area contributed by atoms with Gasteiger partial charge in [0.15, 0.2) is 11.5 Å². The van der Waals surface area contributed by atoms with Crippen LogP contribution in [0, 0.1) is 6.92 Å². The summed E-state index contributed by atoms with van der Waals surface area (Å²) in [5.41, 5.74) is 3.83. The molecule has 0 fully saturated rings. The third kappa shape index (κ3) is 4.30. The van der Waals surface area contributed by atoms with Crippen LogP contribution in [0.5, 0.6) is 0 Å². The first kappa shape index (κ1) is 21.4. The lowest BCUT2D eigenvalue weighted by atomic mass is 10.1. The molecule has 0 N–H and O–H groups in total. The van der Waals surface area contributed by atoms with Crippen molar-refractivity contribution in [3.63, 3.8) is 0 Å². The molecule has 0 saturated heterocycles. The van der Waals surface area contributed by atoms with Gasteiger partial charge in [0.1, 0.15) is 5.82 Å². The SMILES string of the molecule is C=CN(C)c1nc(-c2ccccc2C)n(Cc2ccccc2)c1C(=O)N(C)CCC. The van der Waals surface area contributed by atoms with E-state index in [1.54, 1.807) is 11.1 Å². The average Bonchev–Trinajstić information content (AvgIpc) is 3.12. The molecule has 0 unspecified atom stereocenters. The Bertz CT molecular complexity index is 1020. The van der Waals surface area contributed by atoms with Gasteiger partial charge in [-0.1, -0.05) is 68.1 Å². The van der Waals surface area contributed by atoms with E-state index in [1.807, 2.05) is 53.9 Å². The van der Waals surface area contributed by atoms with Crippen LogP contribution in [0.15, 0.2) is 67.4 Å². The Kier molecular flexibility index (Phi) is 6.72. The number of aromatic nitrogens is 2. The van der Waals surface area contributed by atoms with E-state index < -0.39 is 0 Å². The molecule has 0 radical (unpaired) electrons. The van der Waals surface area contributed by atoms with Gasteiger partial charge in [0.05, 0.1) is 0 Å². The Hall–Kier alpha value is -3.34. The smallest absolute Gasteiger partial charge is 0.274 e. The molecule has 5 nitrogen and oxygen atoms in total. The number of amides is 1. The number of benzene rings is 2. The van der Waals surface area contributed by atoms with E-state index in [0.29, 0.717) is 24.6 Å². The molecule has 0 spiro atoms. The number of imidazole rings is 1. The molecule has 3 aromatic rings. The highest BCUT2D eigenvalue weighted by Gasteiger charge is 2.28. The monoisotopic (exact) mass is 402 g/mol. The highest BCUT2D eigenvalue weighted by Crippen LogP contribution is 2.31. The van der Waals surface area contributed by atoms with Crippen molar-refractivity contribution in [2.45, 2.75) is 26.8 Å². The van der Waals surface area contributed by atoms with E-state index >= 15 is 0 Å². The quantitative estimate of drug-likeness (QED) is 0.534. The van der Waals surface area contributed by atoms with Crippen LogP contribution in [0.1, 0.15) is 35.0 Å². The normalized spacial score (nSPS) is 10.7. The molecule has 3 rings (SSSR count). The molecule has 1 heterocycles. The second kappa shape index (κ2) is 9.44. The van der Waals surface area contributed by atoms with Crippen molar-refractivity contribution in [2.24, 2.45) is 0 Å². The molecule has 0 bridgehead atoms. The van der Waals surface area contributed by atoms with Gasteiger partial charge in [-0.05, 0) is 30.7 Å². The molecule has 0 saturated carbocycles. The fourth-order valence-corrected chi connectivity index (χ4v) is 3.55. The Morgan fingerprint density at radius 3 is 2.40 bits per heavy atom. The molecular weight excluding hydrogens is 372 g/mol. The molecule has 0 aliphatic carbocycles. The fourth-order valence-electron chi connectivity index (χ4n) is 3.55. The summed E-state index contributed by atoms with van der Waals surface area (Å²) < 4.78 is 2.04. The number of carbonyl (C=O) groups is 1. The van der Waals surface area contributed by atoms with Gasteiger partial charge in [-0.3, -0.25) is 4.79 Å². The van der Waals surface area contributed by atoms with E-state index in [4.69, 9.17) is 4.98 Å². The fraction of sp³-hybridized carbons (Fsp3) is 0.280. The van der Waals surface area contributed by atoms with Gasteiger partial charge >= 0.3 is 0 Å². The lowest BCUT2D eigenvalue weighted by Gasteiger charge is -2.21. The van der Waals surface area contributed by atoms with E-state index in [2.05, 4.69) is 44.7 Å². The van der Waals surface area contributed by atoms with Gasteiger partial charge < -0.3 is 14.4 Å². The van der Waals surface area contributed by atoms with Crippen LogP contribution in [-0.4, -0.2) is 41.0 Å². The zero-order valence-corrected chi connectivity index (χ0v) is 18.3. The van der Waals surface area contributed by atoms with Crippen molar-refractivity contribution >= 4 is 11.7 Å². The molecule has 0 aliphatic rings. The first-order chi connectivity index (χ1) is 14.5. The van der Waals surface area contributed by atoms with Crippen molar-refractivity contribution in [3.05, 3.63) is 84.2 Å². The summed E-state index contributed by atoms with van der Waals surface area (Å²) in [6, 6.07) is 18.3. The number of nitrogens with zero attached hydrogens (tertiary/aromatic N) is 4. The van der Waals surface area contributed by atoms with Crippen molar-refractivity contribution in [3.8, 4) is 11.4 Å². The number of hydrogen-bond acceptors (Lipinski definition) is 3. The maximum atomic E-state index is 13.5. The molecule has 2 aromatic carbocycles. The van der Waals surface area contributed by atoms with E-state index in [1.165, 1.54) is 0 Å². The molecule has 156 valence electrons. The minimum absolute atomic E-state index is 0.0381. The molecule has 0 aliphatic heterocycles. The Balaban J connectivity index is 2.27. The topological polar surface area (TPSA) is 41.4 Å². The Morgan fingerprint density at radius 2 is 1.77 bits per heavy atom. The van der Waals surface area contributed by atoms with Crippen LogP contribution >= 0.6 is 0 Å². The maximum absolute atomic E-state index is 13.5. The lowest BCUT2D eigenvalue weighted by Crippen LogP contribution is -2.31. The van der Waals surface area contributed by atoms with Crippen molar-refractivity contribution < 1.29 is 4.79 Å². The Labute approximate surface area is 179 Å². The molecule has 1 amide bonds. The Morgan fingerprint density at radius 1 is 1.10 bits per heavy atom. The predicted octanol–water partition coefficient (Wildman–Crippen LogP) is 4.97. The zero-order chi connectivity index (χ0) is 21.7. The number of anilines is 1. The largest absolute Gasteiger partial charge is 0.340 e. The standard InChI is InChI=1S/C25H30N4O/c1-6-17-28(5)25(30)22-24(27(4)7-2)26-23(21-16-12-11-13-19(21)3)29(22)18-20-14-9-8-10-15-20/h7-16H,2,6,17-18H2,1,3-5H3. The second-order valence-corrected chi connectivity index (χ2v) is 7.51. The molecule has 30 heavy (non-hydrogen) atoms. The zero-order valence-electron chi connectivity index (χ0n) is 18.3. The van der Waals surface area contributed by atoms with Crippen LogP contribution in [0.25, 0.3) is 11.4 Å². The number of aryl methyl sites for hydroxylation is 1. The summed E-state index contributed by atoms with van der Waals surface area (Å²) in [5.74, 6) is 1.37. The van der Waals surface area contributed by atoms with E-state index in [-0.39, 0.29) is 5.91 Å². The van der Waals surface area contributed by atoms with Crippen LogP contribution < -0.4 is 4.90 Å². The van der Waals surface area contributed by atoms with Crippen LogP contribution in [0.2, 0.25) is 0 Å². The van der Waals surface area contributed by atoms with Crippen LogP contribution in [0.4, 0.5) is 5.82 Å².